The van der Waals surface area contributed by atoms with E-state index in [9.17, 15) is 24.3 Å². The molecule has 1 unspecified atom stereocenters. The molecule has 36 heavy (non-hydrogen) atoms. The van der Waals surface area contributed by atoms with Gasteiger partial charge in [0.2, 0.25) is 5.91 Å². The number of aromatic nitrogens is 4. The molecule has 1 amide bonds. The zero-order valence-corrected chi connectivity index (χ0v) is 20.3. The summed E-state index contributed by atoms with van der Waals surface area (Å²) in [5, 5.41) is 47.9. The summed E-state index contributed by atoms with van der Waals surface area (Å²) in [4.78, 5) is 51.6. The molecule has 5 N–H and O–H groups in total. The third kappa shape index (κ3) is 11.0. The van der Waals surface area contributed by atoms with Gasteiger partial charge in [0.25, 0.3) is 11.2 Å². The highest BCUT2D eigenvalue weighted by Crippen LogP contribution is 2.11. The molecule has 2 rings (SSSR count). The lowest BCUT2D eigenvalue weighted by molar-refractivity contribution is -0.144. The maximum atomic E-state index is 12.3. The number of anilines is 1. The average Bonchev–Trinajstić information content (AvgIpc) is 2.89. The normalized spacial score (nSPS) is 16.8. The van der Waals surface area contributed by atoms with E-state index in [2.05, 4.69) is 31.0 Å². The van der Waals surface area contributed by atoms with Crippen LogP contribution >= 0.6 is 11.6 Å². The van der Waals surface area contributed by atoms with Crippen molar-refractivity contribution in [3.63, 3.8) is 0 Å². The Balaban J connectivity index is 1.89. The molecule has 0 bridgehead atoms. The first-order valence-electron chi connectivity index (χ1n) is 11.2. The summed E-state index contributed by atoms with van der Waals surface area (Å²) in [6, 6.07) is -0.995. The van der Waals surface area contributed by atoms with Gasteiger partial charge in [-0.3, -0.25) is 33.9 Å². The molecule has 1 aromatic rings. The molecule has 0 saturated carbocycles. The number of halogens is 1. The van der Waals surface area contributed by atoms with E-state index in [4.69, 9.17) is 21.8 Å². The molecule has 0 radical (unpaired) electrons. The Labute approximate surface area is 211 Å². The smallest absolute Gasteiger partial charge is 0.320 e. The number of nitrogens with zero attached hydrogens (tertiary/aromatic N) is 7. The number of nitrogens with one attached hydrogen (secondary N) is 2. The largest absolute Gasteiger partial charge is 0.480 e. The van der Waals surface area contributed by atoms with E-state index in [0.29, 0.717) is 26.2 Å². The molecule has 0 aliphatic carbocycles. The van der Waals surface area contributed by atoms with E-state index < -0.39 is 23.9 Å². The van der Waals surface area contributed by atoms with Crippen LogP contribution in [0.2, 0.25) is 5.28 Å². The monoisotopic (exact) mass is 531 g/mol. The number of carboxylic acids is 3. The van der Waals surface area contributed by atoms with Gasteiger partial charge in [-0.15, -0.1) is 20.4 Å². The SMILES string of the molecule is O=C(O)CN1CCN(CC(=O)O)CCN(C(CCC(=O)NCCNc2nnc(Cl)nn2)C(=O)O)CC1. The lowest BCUT2D eigenvalue weighted by Crippen LogP contribution is -2.47. The molecule has 1 aliphatic rings. The molecule has 0 spiro atoms. The van der Waals surface area contributed by atoms with Crippen LogP contribution < -0.4 is 10.6 Å². The van der Waals surface area contributed by atoms with Crippen LogP contribution in [0.15, 0.2) is 0 Å². The minimum absolute atomic E-state index is 0.0284. The number of amides is 1. The van der Waals surface area contributed by atoms with Crippen molar-refractivity contribution in [1.29, 1.82) is 0 Å². The predicted molar refractivity (Wildman–Crippen MR) is 125 cm³/mol. The van der Waals surface area contributed by atoms with E-state index >= 15 is 0 Å². The highest BCUT2D eigenvalue weighted by Gasteiger charge is 2.28. The summed E-state index contributed by atoms with van der Waals surface area (Å²) >= 11 is 5.50. The zero-order chi connectivity index (χ0) is 26.5. The van der Waals surface area contributed by atoms with Crippen LogP contribution in [0.1, 0.15) is 12.8 Å². The maximum absolute atomic E-state index is 12.3. The number of carbonyl (C=O) groups is 4. The van der Waals surface area contributed by atoms with Crippen LogP contribution in [-0.4, -0.2) is 146 Å². The van der Waals surface area contributed by atoms with Crippen molar-refractivity contribution in [3.8, 4) is 0 Å². The van der Waals surface area contributed by atoms with Crippen molar-refractivity contribution in [2.45, 2.75) is 18.9 Å². The Hall–Kier alpha value is -3.21. The molecule has 1 atom stereocenters. The summed E-state index contributed by atoms with van der Waals surface area (Å²) in [6.45, 7) is 1.83. The Bertz CT molecular complexity index is 865. The number of carboxylic acid groups (broad SMARTS) is 3. The molecular weight excluding hydrogens is 502 g/mol. The third-order valence-corrected chi connectivity index (χ3v) is 5.56. The lowest BCUT2D eigenvalue weighted by atomic mass is 10.1. The fraction of sp³-hybridized carbons (Fsp3) is 0.684. The van der Waals surface area contributed by atoms with Gasteiger partial charge in [0.15, 0.2) is 0 Å². The summed E-state index contributed by atoms with van der Waals surface area (Å²) in [7, 11) is 0. The minimum Gasteiger partial charge on any atom is -0.480 e. The standard InChI is InChI=1S/C19H30ClN9O7/c20-18-23-25-19(26-24-18)22-4-3-21-14(30)2-1-13(17(35)36)29-9-7-27(11-15(31)32)5-6-28(8-10-29)12-16(33)34/h13H,1-12H2,(H,21,30)(H,31,32)(H,33,34)(H,35,36)(H,22,25,26). The van der Waals surface area contributed by atoms with Gasteiger partial charge in [0, 0.05) is 58.8 Å². The van der Waals surface area contributed by atoms with Crippen molar-refractivity contribution in [2.75, 3.05) is 70.8 Å². The first kappa shape index (κ1) is 29.0. The van der Waals surface area contributed by atoms with Crippen LogP contribution in [0.4, 0.5) is 5.95 Å². The molecular formula is C19H30ClN9O7. The average molecular weight is 532 g/mol. The van der Waals surface area contributed by atoms with Gasteiger partial charge in [-0.2, -0.15) is 0 Å². The van der Waals surface area contributed by atoms with Crippen molar-refractivity contribution in [1.82, 2.24) is 40.4 Å². The Kier molecular flexibility index (Phi) is 12.1. The molecule has 200 valence electrons. The van der Waals surface area contributed by atoms with Crippen molar-refractivity contribution in [2.24, 2.45) is 0 Å². The third-order valence-electron chi connectivity index (χ3n) is 5.41. The summed E-state index contributed by atoms with van der Waals surface area (Å²) < 4.78 is 0. The highest BCUT2D eigenvalue weighted by molar-refractivity contribution is 6.28. The number of carbonyl (C=O) groups excluding carboxylic acids is 1. The van der Waals surface area contributed by atoms with Crippen LogP contribution in [0, 0.1) is 0 Å². The second kappa shape index (κ2) is 15.0. The number of aliphatic carboxylic acids is 3. The summed E-state index contributed by atoms with van der Waals surface area (Å²) in [5.74, 6) is -3.37. The van der Waals surface area contributed by atoms with Gasteiger partial charge in [0.1, 0.15) is 6.04 Å². The van der Waals surface area contributed by atoms with Gasteiger partial charge in [-0.1, -0.05) is 0 Å². The van der Waals surface area contributed by atoms with Gasteiger partial charge in [-0.05, 0) is 18.0 Å². The Morgan fingerprint density at radius 2 is 1.36 bits per heavy atom. The second-order valence-corrected chi connectivity index (χ2v) is 8.38. The van der Waals surface area contributed by atoms with E-state index in [-0.39, 0.29) is 69.2 Å². The van der Waals surface area contributed by atoms with E-state index in [1.54, 1.807) is 14.7 Å². The fourth-order valence-electron chi connectivity index (χ4n) is 3.65. The number of rotatable bonds is 13. The van der Waals surface area contributed by atoms with Crippen molar-refractivity contribution < 1.29 is 34.5 Å². The molecule has 17 heteroatoms. The maximum Gasteiger partial charge on any atom is 0.320 e. The molecule has 0 aromatic carbocycles. The lowest BCUT2D eigenvalue weighted by Gasteiger charge is -2.30. The molecule has 16 nitrogen and oxygen atoms in total. The minimum atomic E-state index is -1.11. The molecule has 1 saturated heterocycles. The molecule has 1 fully saturated rings. The van der Waals surface area contributed by atoms with Gasteiger partial charge in [0.05, 0.1) is 13.1 Å². The van der Waals surface area contributed by atoms with Gasteiger partial charge < -0.3 is 26.0 Å². The topological polar surface area (TPSA) is 214 Å². The quantitative estimate of drug-likeness (QED) is 0.170. The van der Waals surface area contributed by atoms with Crippen LogP contribution in [-0.2, 0) is 19.2 Å². The van der Waals surface area contributed by atoms with Crippen LogP contribution in [0.25, 0.3) is 0 Å². The molecule has 2 heterocycles. The highest BCUT2D eigenvalue weighted by atomic mass is 35.5. The van der Waals surface area contributed by atoms with E-state index in [0.717, 1.165) is 0 Å². The first-order chi connectivity index (χ1) is 17.1. The van der Waals surface area contributed by atoms with E-state index in [1.165, 1.54) is 0 Å². The summed E-state index contributed by atoms with van der Waals surface area (Å²) in [6.07, 6.45) is -0.0215. The van der Waals surface area contributed by atoms with Gasteiger partial charge >= 0.3 is 17.9 Å². The number of hydrogen-bond acceptors (Lipinski definition) is 12. The molecule has 1 aromatic heterocycles. The second-order valence-electron chi connectivity index (χ2n) is 8.04. The Morgan fingerprint density at radius 1 is 0.833 bits per heavy atom. The Morgan fingerprint density at radius 3 is 1.86 bits per heavy atom. The van der Waals surface area contributed by atoms with Crippen molar-refractivity contribution in [3.05, 3.63) is 5.28 Å². The predicted octanol–water partition coefficient (Wildman–Crippen LogP) is -2.23. The summed E-state index contributed by atoms with van der Waals surface area (Å²) in [5.41, 5.74) is 0. The van der Waals surface area contributed by atoms with Crippen LogP contribution in [0.5, 0.6) is 0 Å². The molecule has 1 aliphatic heterocycles. The van der Waals surface area contributed by atoms with Crippen molar-refractivity contribution >= 4 is 41.4 Å². The van der Waals surface area contributed by atoms with Crippen LogP contribution in [0.3, 0.4) is 0 Å². The zero-order valence-electron chi connectivity index (χ0n) is 19.5. The fourth-order valence-corrected chi connectivity index (χ4v) is 3.73. The number of hydrogen-bond donors (Lipinski definition) is 5. The van der Waals surface area contributed by atoms with E-state index in [1.807, 2.05) is 0 Å². The first-order valence-corrected chi connectivity index (χ1v) is 11.6. The van der Waals surface area contributed by atoms with Gasteiger partial charge in [-0.25, -0.2) is 0 Å².